The van der Waals surface area contributed by atoms with Crippen molar-refractivity contribution in [1.29, 1.82) is 0 Å². The highest BCUT2D eigenvalue weighted by molar-refractivity contribution is 5.99. The number of ether oxygens (including phenoxy) is 1. The zero-order chi connectivity index (χ0) is 27.5. The lowest BCUT2D eigenvalue weighted by Crippen LogP contribution is -2.30. The number of rotatable bonds is 13. The largest absolute Gasteiger partial charge is 0.445 e. The molecule has 2 atom stereocenters. The van der Waals surface area contributed by atoms with Crippen LogP contribution in [0.1, 0.15) is 53.9 Å². The Morgan fingerprint density at radius 1 is 0.846 bits per heavy atom. The fourth-order valence-corrected chi connectivity index (χ4v) is 4.30. The second kappa shape index (κ2) is 13.9. The molecule has 1 aromatic heterocycles. The highest BCUT2D eigenvalue weighted by Gasteiger charge is 2.26. The number of fused-ring (bicyclic) bond motifs is 1. The molecule has 8 nitrogen and oxygen atoms in total. The van der Waals surface area contributed by atoms with Crippen LogP contribution in [0.15, 0.2) is 89.3 Å². The number of carbonyl (C=O) groups is 3. The summed E-state index contributed by atoms with van der Waals surface area (Å²) < 4.78 is 10.9. The third-order valence-electron chi connectivity index (χ3n) is 6.43. The summed E-state index contributed by atoms with van der Waals surface area (Å²) in [4.78, 5) is 42.2. The van der Waals surface area contributed by atoms with Gasteiger partial charge in [-0.1, -0.05) is 79.7 Å². The number of benzene rings is 3. The number of ketones is 1. The predicted octanol–water partition coefficient (Wildman–Crippen LogP) is 5.64. The number of nitrogens with zero attached hydrogens (tertiary/aromatic N) is 1. The van der Waals surface area contributed by atoms with Crippen LogP contribution in [0.3, 0.4) is 0 Å². The first-order valence-corrected chi connectivity index (χ1v) is 13.2. The second-order valence-corrected chi connectivity index (χ2v) is 9.54. The average Bonchev–Trinajstić information content (AvgIpc) is 3.39. The third kappa shape index (κ3) is 8.26. The monoisotopic (exact) mass is 527 g/mol. The quantitative estimate of drug-likeness (QED) is 0.218. The Bertz CT molecular complexity index is 1340. The van der Waals surface area contributed by atoms with Gasteiger partial charge in [-0.15, -0.1) is 0 Å². The van der Waals surface area contributed by atoms with Crippen LogP contribution in [0.4, 0.5) is 4.79 Å². The Morgan fingerprint density at radius 3 is 2.26 bits per heavy atom. The summed E-state index contributed by atoms with van der Waals surface area (Å²) in [7, 11) is 0. The molecule has 2 amide bonds. The number of carbonyl (C=O) groups excluding carboxylic acids is 3. The molecular weight excluding hydrogens is 494 g/mol. The minimum atomic E-state index is -0.497. The lowest BCUT2D eigenvalue weighted by atomic mass is 9.91. The van der Waals surface area contributed by atoms with Gasteiger partial charge in [0.1, 0.15) is 12.1 Å². The molecule has 4 rings (SSSR count). The normalized spacial score (nSPS) is 12.4. The molecule has 0 spiro atoms. The molecule has 2 N–H and O–H groups in total. The van der Waals surface area contributed by atoms with Crippen molar-refractivity contribution in [2.45, 2.75) is 38.7 Å². The number of nitrogens with one attached hydrogen (secondary N) is 2. The van der Waals surface area contributed by atoms with E-state index < -0.39 is 12.0 Å². The summed E-state index contributed by atoms with van der Waals surface area (Å²) in [6, 6.07) is 26.2. The molecule has 0 saturated carbocycles. The smallest absolute Gasteiger partial charge is 0.407 e. The van der Waals surface area contributed by atoms with Gasteiger partial charge in [0.2, 0.25) is 11.7 Å². The van der Waals surface area contributed by atoms with Crippen molar-refractivity contribution in [3.63, 3.8) is 0 Å². The van der Waals surface area contributed by atoms with E-state index in [1.807, 2.05) is 79.7 Å². The summed E-state index contributed by atoms with van der Waals surface area (Å²) in [6.45, 7) is 2.92. The Morgan fingerprint density at radius 2 is 1.51 bits per heavy atom. The molecule has 39 heavy (non-hydrogen) atoms. The van der Waals surface area contributed by atoms with Gasteiger partial charge in [0.25, 0.3) is 5.89 Å². The summed E-state index contributed by atoms with van der Waals surface area (Å²) in [5.41, 5.74) is 2.96. The van der Waals surface area contributed by atoms with Gasteiger partial charge < -0.3 is 19.8 Å². The Labute approximate surface area is 227 Å². The Balaban J connectivity index is 1.21. The van der Waals surface area contributed by atoms with Crippen LogP contribution in [0.25, 0.3) is 11.1 Å². The molecule has 0 bridgehead atoms. The van der Waals surface area contributed by atoms with E-state index in [2.05, 4.69) is 15.6 Å². The fraction of sp³-hybridized carbons (Fsp3) is 0.290. The van der Waals surface area contributed by atoms with Crippen molar-refractivity contribution in [1.82, 2.24) is 15.6 Å². The molecule has 0 aliphatic heterocycles. The van der Waals surface area contributed by atoms with Gasteiger partial charge in [-0.2, -0.15) is 0 Å². The molecule has 0 fully saturated rings. The topological polar surface area (TPSA) is 111 Å². The maximum absolute atomic E-state index is 13.4. The van der Waals surface area contributed by atoms with Crippen molar-refractivity contribution < 1.29 is 23.5 Å². The molecule has 0 aliphatic carbocycles. The van der Waals surface area contributed by atoms with Crippen LogP contribution in [0.5, 0.6) is 0 Å². The van der Waals surface area contributed by atoms with Crippen LogP contribution in [0, 0.1) is 5.92 Å². The number of hydrogen-bond donors (Lipinski definition) is 2. The molecular formula is C31H33N3O5. The van der Waals surface area contributed by atoms with Gasteiger partial charge >= 0.3 is 6.09 Å². The van der Waals surface area contributed by atoms with Gasteiger partial charge in [0, 0.05) is 19.5 Å². The summed E-state index contributed by atoms with van der Waals surface area (Å²) >= 11 is 0. The van der Waals surface area contributed by atoms with Crippen molar-refractivity contribution in [3.8, 4) is 0 Å². The molecule has 0 radical (unpaired) electrons. The SMILES string of the molecule is CC(CCNC(=O)OCc1ccccc1)CC(=O)NCCC(C(=O)c1nc2ccccc2o1)c1ccccc1. The number of amides is 2. The van der Waals surface area contributed by atoms with E-state index >= 15 is 0 Å². The standard InChI is InChI=1S/C31H33N3O5/c1-22(16-18-33-31(37)38-21-23-10-4-2-5-11-23)20-28(35)32-19-17-25(24-12-6-3-7-13-24)29(36)30-34-26-14-8-9-15-27(26)39-30/h2-15,22,25H,16-21H2,1H3,(H,32,35)(H,33,37). The summed E-state index contributed by atoms with van der Waals surface area (Å²) in [6.07, 6.45) is 0.884. The average molecular weight is 528 g/mol. The molecule has 8 heteroatoms. The van der Waals surface area contributed by atoms with Gasteiger partial charge in [0.05, 0.1) is 5.92 Å². The molecule has 1 heterocycles. The molecule has 202 valence electrons. The molecule has 0 aliphatic rings. The zero-order valence-electron chi connectivity index (χ0n) is 22.0. The van der Waals surface area contributed by atoms with Gasteiger partial charge in [-0.25, -0.2) is 9.78 Å². The number of Topliss-reactive ketones (excluding diaryl/α,β-unsaturated/α-hetero) is 1. The van der Waals surface area contributed by atoms with Crippen LogP contribution < -0.4 is 10.6 Å². The first kappa shape index (κ1) is 27.6. The van der Waals surface area contributed by atoms with E-state index in [0.717, 1.165) is 11.1 Å². The number of aromatic nitrogens is 1. The van der Waals surface area contributed by atoms with Crippen molar-refractivity contribution in [2.24, 2.45) is 5.92 Å². The highest BCUT2D eigenvalue weighted by Crippen LogP contribution is 2.26. The van der Waals surface area contributed by atoms with Crippen LogP contribution in [0.2, 0.25) is 0 Å². The van der Waals surface area contributed by atoms with Crippen LogP contribution >= 0.6 is 0 Å². The predicted molar refractivity (Wildman–Crippen MR) is 148 cm³/mol. The Kier molecular flexibility index (Phi) is 9.83. The molecule has 3 aromatic carbocycles. The van der Waals surface area contributed by atoms with E-state index in [-0.39, 0.29) is 30.1 Å². The lowest BCUT2D eigenvalue weighted by molar-refractivity contribution is -0.121. The number of para-hydroxylation sites is 2. The minimum Gasteiger partial charge on any atom is -0.445 e. The maximum Gasteiger partial charge on any atom is 0.407 e. The van der Waals surface area contributed by atoms with Crippen molar-refractivity contribution >= 4 is 28.9 Å². The zero-order valence-corrected chi connectivity index (χ0v) is 22.0. The summed E-state index contributed by atoms with van der Waals surface area (Å²) in [5.74, 6) is -0.686. The number of hydrogen-bond acceptors (Lipinski definition) is 6. The van der Waals surface area contributed by atoms with Gasteiger partial charge in [0.15, 0.2) is 5.58 Å². The van der Waals surface area contributed by atoms with Crippen LogP contribution in [-0.2, 0) is 16.1 Å². The number of oxazole rings is 1. The first-order chi connectivity index (χ1) is 19.0. The molecule has 4 aromatic rings. The van der Waals surface area contributed by atoms with E-state index in [1.54, 1.807) is 12.1 Å². The minimum absolute atomic E-state index is 0.0609. The van der Waals surface area contributed by atoms with Gasteiger partial charge in [-0.3, -0.25) is 9.59 Å². The second-order valence-electron chi connectivity index (χ2n) is 9.54. The van der Waals surface area contributed by atoms with E-state index in [0.29, 0.717) is 43.5 Å². The fourth-order valence-electron chi connectivity index (χ4n) is 4.30. The third-order valence-corrected chi connectivity index (χ3v) is 6.43. The number of alkyl carbamates (subject to hydrolysis) is 1. The Hall–Kier alpha value is -4.46. The first-order valence-electron chi connectivity index (χ1n) is 13.2. The van der Waals surface area contributed by atoms with Crippen LogP contribution in [-0.4, -0.2) is 35.9 Å². The summed E-state index contributed by atoms with van der Waals surface area (Å²) in [5, 5.41) is 5.66. The van der Waals surface area contributed by atoms with E-state index in [9.17, 15) is 14.4 Å². The highest BCUT2D eigenvalue weighted by atomic mass is 16.5. The lowest BCUT2D eigenvalue weighted by Gasteiger charge is -2.16. The van der Waals surface area contributed by atoms with E-state index in [4.69, 9.17) is 9.15 Å². The van der Waals surface area contributed by atoms with Crippen molar-refractivity contribution in [3.05, 3.63) is 102 Å². The molecule has 0 saturated heterocycles. The maximum atomic E-state index is 13.4. The van der Waals surface area contributed by atoms with Gasteiger partial charge in [-0.05, 0) is 42.0 Å². The van der Waals surface area contributed by atoms with Crippen molar-refractivity contribution in [2.75, 3.05) is 13.1 Å². The molecule has 2 unspecified atom stereocenters. The van der Waals surface area contributed by atoms with E-state index in [1.165, 1.54) is 0 Å².